The zero-order chi connectivity index (χ0) is 24.5. The third-order valence-electron chi connectivity index (χ3n) is 5.39. The van der Waals surface area contributed by atoms with Crippen molar-refractivity contribution in [3.63, 3.8) is 0 Å². The minimum atomic E-state index is -4.38. The Bertz CT molecular complexity index is 1180. The zero-order valence-electron chi connectivity index (χ0n) is 17.7. The van der Waals surface area contributed by atoms with E-state index in [9.17, 15) is 19.9 Å². The van der Waals surface area contributed by atoms with E-state index in [0.717, 1.165) is 5.56 Å². The van der Waals surface area contributed by atoms with Crippen LogP contribution in [0.15, 0.2) is 42.6 Å². The van der Waals surface area contributed by atoms with Crippen LogP contribution in [0.3, 0.4) is 0 Å². The third kappa shape index (κ3) is 5.41. The molecule has 0 saturated carbocycles. The van der Waals surface area contributed by atoms with Gasteiger partial charge in [-0.25, -0.2) is 4.98 Å². The lowest BCUT2D eigenvalue weighted by molar-refractivity contribution is -0.0610. The highest BCUT2D eigenvalue weighted by atomic mass is 35.5. The highest BCUT2D eigenvalue weighted by Gasteiger charge is 2.44. The Morgan fingerprint density at radius 1 is 1.18 bits per heavy atom. The maximum absolute atomic E-state index is 11.0. The Balaban J connectivity index is 1.59. The molecule has 14 heteroatoms. The molecule has 1 fully saturated rings. The maximum atomic E-state index is 11.0. The summed E-state index contributed by atoms with van der Waals surface area (Å²) in [5.41, 5.74) is 1.14. The number of rotatable bonds is 9. The van der Waals surface area contributed by atoms with Gasteiger partial charge >= 0.3 is 7.60 Å². The number of fused-ring (bicyclic) bond motifs is 1. The molecule has 0 radical (unpaired) electrons. The van der Waals surface area contributed by atoms with Crippen LogP contribution >= 0.6 is 19.2 Å². The number of benzene rings is 1. The van der Waals surface area contributed by atoms with Gasteiger partial charge in [-0.05, 0) is 23.2 Å². The predicted octanol–water partition coefficient (Wildman–Crippen LogP) is 1.00. The van der Waals surface area contributed by atoms with Gasteiger partial charge in [0.1, 0.15) is 36.1 Å². The number of hydrogen-bond acceptors (Lipinski definition) is 9. The van der Waals surface area contributed by atoms with E-state index < -0.39 is 44.5 Å². The first kappa shape index (κ1) is 25.0. The number of anilines is 1. The van der Waals surface area contributed by atoms with E-state index in [4.69, 9.17) is 30.9 Å². The lowest BCUT2D eigenvalue weighted by atomic mass is 10.1. The van der Waals surface area contributed by atoms with Gasteiger partial charge in [0.25, 0.3) is 0 Å². The van der Waals surface area contributed by atoms with Crippen molar-refractivity contribution < 1.29 is 39.1 Å². The minimum absolute atomic E-state index is 0.0886. The van der Waals surface area contributed by atoms with Gasteiger partial charge in [-0.15, -0.1) is 0 Å². The Kier molecular flexibility index (Phi) is 7.53. The fraction of sp³-hybridized carbons (Fsp3) is 0.400. The molecule has 1 unspecified atom stereocenters. The Morgan fingerprint density at radius 2 is 1.91 bits per heavy atom. The first-order valence-electron chi connectivity index (χ1n) is 10.3. The van der Waals surface area contributed by atoms with E-state index >= 15 is 0 Å². The molecule has 0 amide bonds. The monoisotopic (exact) mass is 514 g/mol. The van der Waals surface area contributed by atoms with Crippen LogP contribution in [0.2, 0.25) is 5.28 Å². The van der Waals surface area contributed by atoms with Crippen molar-refractivity contribution in [3.05, 3.63) is 53.4 Å². The number of nitrogens with zero attached hydrogens (tertiary/aromatic N) is 3. The van der Waals surface area contributed by atoms with Crippen LogP contribution in [0.1, 0.15) is 17.8 Å². The van der Waals surface area contributed by atoms with Gasteiger partial charge in [-0.3, -0.25) is 4.57 Å². The molecule has 2 aromatic heterocycles. The standard InChI is InChI=1S/C20H24ClN4O8P/c21-20-23-17(22-13(8-26)11-4-2-1-3-5-11)12-6-7-25(18(12)24-20)19-16(28)15(27)14(33-19)9-32-10-34(29,30)31/h1-7,13-16,19,26-28H,8-10H2,(H,22,23,24)(H2,29,30,31)/t13-,14?,15-,16-,19-/m1/s1. The summed E-state index contributed by atoms with van der Waals surface area (Å²) in [6.45, 7) is -0.544. The van der Waals surface area contributed by atoms with Gasteiger partial charge in [0.2, 0.25) is 5.28 Å². The van der Waals surface area contributed by atoms with Crippen molar-refractivity contribution in [1.82, 2.24) is 14.5 Å². The summed E-state index contributed by atoms with van der Waals surface area (Å²) in [5, 5.41) is 34.4. The number of halogens is 1. The topological polar surface area (TPSA) is 179 Å². The minimum Gasteiger partial charge on any atom is -0.394 e. The SMILES string of the molecule is O=P(O)(O)COCC1O[C@@H](n2ccc3c(N[C@H](CO)c4ccccc4)nc(Cl)nc32)[C@H](O)[C@@H]1O. The Labute approximate surface area is 198 Å². The van der Waals surface area contributed by atoms with Crippen molar-refractivity contribution >= 4 is 36.0 Å². The lowest BCUT2D eigenvalue weighted by Gasteiger charge is -2.19. The van der Waals surface area contributed by atoms with E-state index in [1.54, 1.807) is 12.3 Å². The second-order valence-electron chi connectivity index (χ2n) is 7.80. The van der Waals surface area contributed by atoms with Gasteiger partial charge in [0.05, 0.1) is 24.6 Å². The van der Waals surface area contributed by atoms with Crippen LogP contribution in [0, 0.1) is 0 Å². The molecular formula is C20H24ClN4O8P. The maximum Gasteiger partial charge on any atom is 0.350 e. The summed E-state index contributed by atoms with van der Waals surface area (Å²) in [7, 11) is -4.38. The average Bonchev–Trinajstić information content (AvgIpc) is 3.33. The molecule has 1 saturated heterocycles. The van der Waals surface area contributed by atoms with Gasteiger partial charge < -0.3 is 44.5 Å². The summed E-state index contributed by atoms with van der Waals surface area (Å²) < 4.78 is 23.1. The molecular weight excluding hydrogens is 491 g/mol. The molecule has 6 N–H and O–H groups in total. The molecule has 4 rings (SSSR count). The van der Waals surface area contributed by atoms with Crippen LogP contribution in [0.4, 0.5) is 5.82 Å². The van der Waals surface area contributed by atoms with Crippen molar-refractivity contribution in [2.24, 2.45) is 0 Å². The third-order valence-corrected chi connectivity index (χ3v) is 6.08. The van der Waals surface area contributed by atoms with Crippen LogP contribution in [0.25, 0.3) is 11.0 Å². The summed E-state index contributed by atoms with van der Waals surface area (Å²) in [6.07, 6.45) is -4.10. The van der Waals surface area contributed by atoms with E-state index in [1.165, 1.54) is 4.57 Å². The van der Waals surface area contributed by atoms with Gasteiger partial charge in [-0.1, -0.05) is 30.3 Å². The molecule has 12 nitrogen and oxygen atoms in total. The molecule has 1 aliphatic heterocycles. The Hall–Kier alpha value is -2.12. The summed E-state index contributed by atoms with van der Waals surface area (Å²) in [6, 6.07) is 10.5. The van der Waals surface area contributed by atoms with Gasteiger partial charge in [0, 0.05) is 6.20 Å². The van der Waals surface area contributed by atoms with Crippen molar-refractivity contribution in [2.45, 2.75) is 30.6 Å². The van der Waals surface area contributed by atoms with Gasteiger partial charge in [-0.2, -0.15) is 4.98 Å². The van der Waals surface area contributed by atoms with Crippen LogP contribution in [-0.4, -0.2) is 77.5 Å². The normalized spacial score (nSPS) is 23.9. The van der Waals surface area contributed by atoms with Crippen molar-refractivity contribution in [2.75, 3.05) is 24.9 Å². The van der Waals surface area contributed by atoms with E-state index in [-0.39, 0.29) is 18.5 Å². The first-order chi connectivity index (χ1) is 16.2. The molecule has 3 aromatic rings. The first-order valence-corrected chi connectivity index (χ1v) is 12.5. The number of aliphatic hydroxyl groups excluding tert-OH is 3. The fourth-order valence-corrected chi connectivity index (χ4v) is 4.30. The largest absolute Gasteiger partial charge is 0.394 e. The van der Waals surface area contributed by atoms with Crippen LogP contribution < -0.4 is 5.32 Å². The molecule has 184 valence electrons. The van der Waals surface area contributed by atoms with Gasteiger partial charge in [0.15, 0.2) is 6.23 Å². The smallest absolute Gasteiger partial charge is 0.350 e. The lowest BCUT2D eigenvalue weighted by Crippen LogP contribution is -2.33. The van der Waals surface area contributed by atoms with E-state index in [1.807, 2.05) is 30.3 Å². The zero-order valence-corrected chi connectivity index (χ0v) is 19.3. The number of hydrogen-bond donors (Lipinski definition) is 6. The van der Waals surface area contributed by atoms with E-state index in [0.29, 0.717) is 16.9 Å². The quantitative estimate of drug-likeness (QED) is 0.177. The van der Waals surface area contributed by atoms with Crippen LogP contribution in [-0.2, 0) is 14.0 Å². The van der Waals surface area contributed by atoms with Crippen molar-refractivity contribution in [1.29, 1.82) is 0 Å². The van der Waals surface area contributed by atoms with E-state index in [2.05, 4.69) is 15.3 Å². The Morgan fingerprint density at radius 3 is 2.59 bits per heavy atom. The predicted molar refractivity (Wildman–Crippen MR) is 121 cm³/mol. The molecule has 0 aliphatic carbocycles. The summed E-state index contributed by atoms with van der Waals surface area (Å²) in [4.78, 5) is 26.3. The summed E-state index contributed by atoms with van der Waals surface area (Å²) in [5.74, 6) is 0.353. The van der Waals surface area contributed by atoms with Crippen LogP contribution in [0.5, 0.6) is 0 Å². The average molecular weight is 515 g/mol. The number of aromatic nitrogens is 3. The summed E-state index contributed by atoms with van der Waals surface area (Å²) >= 11 is 6.15. The highest BCUT2D eigenvalue weighted by molar-refractivity contribution is 7.51. The number of ether oxygens (including phenoxy) is 2. The fourth-order valence-electron chi connectivity index (χ4n) is 3.79. The second-order valence-corrected chi connectivity index (χ2v) is 9.73. The molecule has 0 bridgehead atoms. The highest BCUT2D eigenvalue weighted by Crippen LogP contribution is 2.37. The molecule has 5 atom stereocenters. The molecule has 34 heavy (non-hydrogen) atoms. The van der Waals surface area contributed by atoms with Crippen molar-refractivity contribution in [3.8, 4) is 0 Å². The number of aliphatic hydroxyl groups is 3. The number of nitrogens with one attached hydrogen (secondary N) is 1. The second kappa shape index (κ2) is 10.2. The molecule has 1 aromatic carbocycles. The molecule has 1 aliphatic rings. The molecule has 0 spiro atoms. The molecule has 3 heterocycles.